The lowest BCUT2D eigenvalue weighted by Crippen LogP contribution is -2.23. The molecule has 0 saturated heterocycles. The third kappa shape index (κ3) is 1.64. The minimum atomic E-state index is -0.705. The van der Waals surface area contributed by atoms with Crippen LogP contribution in [0.2, 0.25) is 0 Å². The van der Waals surface area contributed by atoms with Crippen LogP contribution < -0.4 is 0 Å². The lowest BCUT2D eigenvalue weighted by molar-refractivity contribution is -0.154. The second kappa shape index (κ2) is 3.82. The molecule has 0 radical (unpaired) electrons. The molecule has 0 aliphatic heterocycles. The van der Waals surface area contributed by atoms with Crippen LogP contribution in [0.3, 0.4) is 0 Å². The molecule has 0 bridgehead atoms. The number of esters is 2. The minimum Gasteiger partial charge on any atom is -0.469 e. The molecule has 14 heavy (non-hydrogen) atoms. The van der Waals surface area contributed by atoms with Crippen LogP contribution in [-0.4, -0.2) is 26.2 Å². The summed E-state index contributed by atoms with van der Waals surface area (Å²) >= 11 is 0. The summed E-state index contributed by atoms with van der Waals surface area (Å²) in [6.45, 7) is 3.61. The zero-order chi connectivity index (χ0) is 10.8. The number of carbonyl (C=O) groups excluding carboxylic acids is 2. The Morgan fingerprint density at radius 1 is 1.50 bits per heavy atom. The highest BCUT2D eigenvalue weighted by Gasteiger charge is 2.60. The summed E-state index contributed by atoms with van der Waals surface area (Å²) in [5, 5.41) is 0. The van der Waals surface area contributed by atoms with E-state index in [2.05, 4.69) is 16.1 Å². The summed E-state index contributed by atoms with van der Waals surface area (Å²) in [6, 6.07) is 0. The van der Waals surface area contributed by atoms with Gasteiger partial charge in [-0.1, -0.05) is 6.08 Å². The third-order valence-electron chi connectivity index (χ3n) is 2.70. The van der Waals surface area contributed by atoms with Crippen molar-refractivity contribution in [2.45, 2.75) is 12.8 Å². The monoisotopic (exact) mass is 198 g/mol. The molecule has 1 fully saturated rings. The predicted octanol–water partition coefficient (Wildman–Crippen LogP) is 0.915. The Labute approximate surface area is 82.9 Å². The maximum Gasteiger partial charge on any atom is 0.313 e. The molecule has 2 atom stereocenters. The van der Waals surface area contributed by atoms with E-state index in [1.165, 1.54) is 14.2 Å². The zero-order valence-corrected chi connectivity index (χ0v) is 8.41. The number of hydrogen-bond acceptors (Lipinski definition) is 4. The van der Waals surface area contributed by atoms with Crippen molar-refractivity contribution in [1.82, 2.24) is 0 Å². The van der Waals surface area contributed by atoms with Crippen LogP contribution in [-0.2, 0) is 19.1 Å². The predicted molar refractivity (Wildman–Crippen MR) is 49.4 cm³/mol. The van der Waals surface area contributed by atoms with Gasteiger partial charge in [-0.2, -0.15) is 0 Å². The van der Waals surface area contributed by atoms with Crippen molar-refractivity contribution < 1.29 is 19.1 Å². The normalized spacial score (nSPS) is 29.1. The average molecular weight is 198 g/mol. The maximum atomic E-state index is 11.4. The molecule has 1 saturated carbocycles. The molecule has 0 aromatic carbocycles. The number of hydrogen-bond donors (Lipinski definition) is 0. The van der Waals surface area contributed by atoms with Crippen LogP contribution in [0.1, 0.15) is 12.8 Å². The van der Waals surface area contributed by atoms with Crippen LogP contribution in [0.25, 0.3) is 0 Å². The van der Waals surface area contributed by atoms with Gasteiger partial charge in [0.1, 0.15) is 0 Å². The SMILES string of the molecule is C=CC1C[C@@]1(CC(=O)OC)C(=O)OC. The molecule has 0 amide bonds. The van der Waals surface area contributed by atoms with E-state index in [0.717, 1.165) is 0 Å². The van der Waals surface area contributed by atoms with E-state index in [1.807, 2.05) is 0 Å². The Balaban J connectivity index is 2.71. The van der Waals surface area contributed by atoms with E-state index in [-0.39, 0.29) is 24.3 Å². The molecular weight excluding hydrogens is 184 g/mol. The van der Waals surface area contributed by atoms with Crippen molar-refractivity contribution in [3.8, 4) is 0 Å². The molecular formula is C10H14O4. The fraction of sp³-hybridized carbons (Fsp3) is 0.600. The Hall–Kier alpha value is -1.32. The highest BCUT2D eigenvalue weighted by molar-refractivity contribution is 5.87. The second-order valence-electron chi connectivity index (χ2n) is 3.45. The number of ether oxygens (including phenoxy) is 2. The topological polar surface area (TPSA) is 52.6 Å². The molecule has 4 heteroatoms. The van der Waals surface area contributed by atoms with E-state index in [0.29, 0.717) is 6.42 Å². The van der Waals surface area contributed by atoms with Crippen molar-refractivity contribution in [3.63, 3.8) is 0 Å². The van der Waals surface area contributed by atoms with Crippen molar-refractivity contribution >= 4 is 11.9 Å². The molecule has 1 rings (SSSR count). The van der Waals surface area contributed by atoms with Gasteiger partial charge in [-0.15, -0.1) is 6.58 Å². The first-order valence-electron chi connectivity index (χ1n) is 4.38. The van der Waals surface area contributed by atoms with Crippen LogP contribution in [0.4, 0.5) is 0 Å². The van der Waals surface area contributed by atoms with E-state index < -0.39 is 5.41 Å². The number of rotatable bonds is 4. The fourth-order valence-corrected chi connectivity index (χ4v) is 1.69. The smallest absolute Gasteiger partial charge is 0.313 e. The van der Waals surface area contributed by atoms with Gasteiger partial charge >= 0.3 is 11.9 Å². The summed E-state index contributed by atoms with van der Waals surface area (Å²) in [7, 11) is 2.62. The van der Waals surface area contributed by atoms with Crippen LogP contribution in [0, 0.1) is 11.3 Å². The van der Waals surface area contributed by atoms with Crippen LogP contribution in [0.15, 0.2) is 12.7 Å². The van der Waals surface area contributed by atoms with Gasteiger partial charge in [0.15, 0.2) is 0 Å². The lowest BCUT2D eigenvalue weighted by atomic mass is 9.99. The Morgan fingerprint density at radius 2 is 2.14 bits per heavy atom. The highest BCUT2D eigenvalue weighted by Crippen LogP contribution is 2.56. The zero-order valence-electron chi connectivity index (χ0n) is 8.41. The summed E-state index contributed by atoms with van der Waals surface area (Å²) in [4.78, 5) is 22.5. The molecule has 0 aromatic rings. The number of allylic oxidation sites excluding steroid dienone is 1. The van der Waals surface area contributed by atoms with Crippen molar-refractivity contribution in [3.05, 3.63) is 12.7 Å². The van der Waals surface area contributed by atoms with Crippen LogP contribution in [0.5, 0.6) is 0 Å². The molecule has 78 valence electrons. The van der Waals surface area contributed by atoms with E-state index >= 15 is 0 Å². The molecule has 0 heterocycles. The maximum absolute atomic E-state index is 11.4. The molecule has 0 spiro atoms. The van der Waals surface area contributed by atoms with E-state index in [4.69, 9.17) is 0 Å². The first-order chi connectivity index (χ1) is 6.60. The van der Waals surface area contributed by atoms with Gasteiger partial charge in [0, 0.05) is 0 Å². The van der Waals surface area contributed by atoms with Crippen molar-refractivity contribution in [1.29, 1.82) is 0 Å². The summed E-state index contributed by atoms with van der Waals surface area (Å²) in [5.41, 5.74) is -0.705. The molecule has 0 aromatic heterocycles. The largest absolute Gasteiger partial charge is 0.469 e. The van der Waals surface area contributed by atoms with Gasteiger partial charge in [0.2, 0.25) is 0 Å². The Morgan fingerprint density at radius 3 is 2.50 bits per heavy atom. The molecule has 0 N–H and O–H groups in total. The quantitative estimate of drug-likeness (QED) is 0.497. The van der Waals surface area contributed by atoms with Gasteiger partial charge in [-0.3, -0.25) is 9.59 Å². The van der Waals surface area contributed by atoms with E-state index in [1.54, 1.807) is 6.08 Å². The van der Waals surface area contributed by atoms with Crippen molar-refractivity contribution in [2.24, 2.45) is 11.3 Å². The standard InChI is InChI=1S/C10H14O4/c1-4-7-5-10(7,9(12)14-3)6-8(11)13-2/h4,7H,1,5-6H2,2-3H3/t7?,10-/m0/s1. The molecule has 1 aliphatic carbocycles. The third-order valence-corrected chi connectivity index (χ3v) is 2.70. The van der Waals surface area contributed by atoms with Gasteiger partial charge in [0.25, 0.3) is 0 Å². The Bertz CT molecular complexity index is 271. The van der Waals surface area contributed by atoms with Crippen molar-refractivity contribution in [2.75, 3.05) is 14.2 Å². The highest BCUT2D eigenvalue weighted by atomic mass is 16.5. The summed E-state index contributed by atoms with van der Waals surface area (Å²) < 4.78 is 9.19. The Kier molecular flexibility index (Phi) is 2.93. The van der Waals surface area contributed by atoms with Crippen LogP contribution >= 0.6 is 0 Å². The minimum absolute atomic E-state index is 0.0362. The molecule has 1 unspecified atom stereocenters. The first-order valence-corrected chi connectivity index (χ1v) is 4.38. The van der Waals surface area contributed by atoms with E-state index in [9.17, 15) is 9.59 Å². The second-order valence-corrected chi connectivity index (χ2v) is 3.45. The number of carbonyl (C=O) groups is 2. The average Bonchev–Trinajstić information content (AvgIpc) is 2.91. The fourth-order valence-electron chi connectivity index (χ4n) is 1.69. The molecule has 4 nitrogen and oxygen atoms in total. The summed E-state index contributed by atoms with van der Waals surface area (Å²) in [6.07, 6.45) is 2.38. The van der Waals surface area contributed by atoms with Gasteiger partial charge < -0.3 is 9.47 Å². The van der Waals surface area contributed by atoms with Gasteiger partial charge in [0.05, 0.1) is 26.1 Å². The summed E-state index contributed by atoms with van der Waals surface area (Å²) in [5.74, 6) is -0.707. The number of methoxy groups -OCH3 is 2. The molecule has 1 aliphatic rings. The van der Waals surface area contributed by atoms with Gasteiger partial charge in [-0.05, 0) is 12.3 Å². The lowest BCUT2D eigenvalue weighted by Gasteiger charge is -2.11. The van der Waals surface area contributed by atoms with Gasteiger partial charge in [-0.25, -0.2) is 0 Å². The first kappa shape index (κ1) is 10.8.